The molecule has 1 aliphatic heterocycles. The van der Waals surface area contributed by atoms with Crippen molar-refractivity contribution in [1.29, 1.82) is 0 Å². The van der Waals surface area contributed by atoms with Gasteiger partial charge in [0.25, 0.3) is 0 Å². The molecule has 0 aromatic rings. The van der Waals surface area contributed by atoms with Crippen LogP contribution < -0.4 is 0 Å². The van der Waals surface area contributed by atoms with E-state index < -0.39 is 0 Å². The van der Waals surface area contributed by atoms with Gasteiger partial charge in [-0.05, 0) is 25.7 Å². The maximum Gasteiger partial charge on any atom is 0.240 e. The summed E-state index contributed by atoms with van der Waals surface area (Å²) < 4.78 is 0. The highest BCUT2D eigenvalue weighted by Crippen LogP contribution is 2.16. The molecule has 17 heavy (non-hydrogen) atoms. The molecule has 0 radical (unpaired) electrons. The standard InChI is InChI=1S/C14H26ClNO/c1-2-3-4-5-7-10-13(15)14(17)16-11-8-6-9-12-16/h13H,2-12H2,1H3. The van der Waals surface area contributed by atoms with Gasteiger partial charge in [0.1, 0.15) is 5.38 Å². The zero-order valence-corrected chi connectivity index (χ0v) is 11.8. The van der Waals surface area contributed by atoms with Gasteiger partial charge in [-0.1, -0.05) is 39.0 Å². The highest BCUT2D eigenvalue weighted by molar-refractivity contribution is 6.30. The molecule has 0 saturated carbocycles. The minimum atomic E-state index is -0.283. The summed E-state index contributed by atoms with van der Waals surface area (Å²) in [6, 6.07) is 0. The first-order chi connectivity index (χ1) is 8.25. The summed E-state index contributed by atoms with van der Waals surface area (Å²) in [4.78, 5) is 14.0. The second kappa shape index (κ2) is 8.79. The van der Waals surface area contributed by atoms with E-state index in [2.05, 4.69) is 6.92 Å². The van der Waals surface area contributed by atoms with Crippen molar-refractivity contribution in [1.82, 2.24) is 4.90 Å². The van der Waals surface area contributed by atoms with Crippen molar-refractivity contribution in [3.63, 3.8) is 0 Å². The molecule has 1 unspecified atom stereocenters. The summed E-state index contributed by atoms with van der Waals surface area (Å²) >= 11 is 6.19. The van der Waals surface area contributed by atoms with Gasteiger partial charge in [-0.25, -0.2) is 0 Å². The summed E-state index contributed by atoms with van der Waals surface area (Å²) in [5, 5.41) is -0.283. The molecule has 1 amide bonds. The number of carbonyl (C=O) groups excluding carboxylic acids is 1. The van der Waals surface area contributed by atoms with Crippen LogP contribution in [0.1, 0.15) is 64.7 Å². The Kier molecular flexibility index (Phi) is 7.67. The number of hydrogen-bond acceptors (Lipinski definition) is 1. The quantitative estimate of drug-likeness (QED) is 0.501. The number of alkyl halides is 1. The predicted octanol–water partition coefficient (Wildman–Crippen LogP) is 3.97. The van der Waals surface area contributed by atoms with Gasteiger partial charge in [-0.2, -0.15) is 0 Å². The number of likely N-dealkylation sites (tertiary alicyclic amines) is 1. The summed E-state index contributed by atoms with van der Waals surface area (Å²) in [5.74, 6) is 0.168. The van der Waals surface area contributed by atoms with Crippen molar-refractivity contribution in [2.45, 2.75) is 70.1 Å². The number of piperidine rings is 1. The summed E-state index contributed by atoms with van der Waals surface area (Å²) in [6.07, 6.45) is 10.5. The molecular weight excluding hydrogens is 234 g/mol. The second-order valence-electron chi connectivity index (χ2n) is 5.06. The van der Waals surface area contributed by atoms with Crippen LogP contribution in [0.4, 0.5) is 0 Å². The normalized spacial score (nSPS) is 18.1. The number of amides is 1. The van der Waals surface area contributed by atoms with E-state index in [9.17, 15) is 4.79 Å². The van der Waals surface area contributed by atoms with E-state index in [1.807, 2.05) is 4.90 Å². The number of hydrogen-bond donors (Lipinski definition) is 0. The summed E-state index contributed by atoms with van der Waals surface area (Å²) in [5.41, 5.74) is 0. The van der Waals surface area contributed by atoms with Crippen LogP contribution in [0.3, 0.4) is 0 Å². The highest BCUT2D eigenvalue weighted by Gasteiger charge is 2.22. The zero-order chi connectivity index (χ0) is 12.5. The fourth-order valence-electron chi connectivity index (χ4n) is 2.36. The Morgan fingerprint density at radius 1 is 1.12 bits per heavy atom. The average molecular weight is 260 g/mol. The minimum Gasteiger partial charge on any atom is -0.341 e. The first-order valence-electron chi connectivity index (χ1n) is 7.18. The maximum absolute atomic E-state index is 12.0. The SMILES string of the molecule is CCCCCCCC(Cl)C(=O)N1CCCCC1. The molecule has 1 atom stereocenters. The Labute approximate surface area is 111 Å². The molecular formula is C14H26ClNO. The van der Waals surface area contributed by atoms with Gasteiger partial charge in [0.15, 0.2) is 0 Å². The van der Waals surface area contributed by atoms with Gasteiger partial charge in [-0.15, -0.1) is 11.6 Å². The third-order valence-corrected chi connectivity index (χ3v) is 3.90. The first kappa shape index (κ1) is 14.8. The van der Waals surface area contributed by atoms with Crippen LogP contribution >= 0.6 is 11.6 Å². The van der Waals surface area contributed by atoms with Gasteiger partial charge < -0.3 is 4.90 Å². The van der Waals surface area contributed by atoms with Crippen LogP contribution in [-0.2, 0) is 4.79 Å². The van der Waals surface area contributed by atoms with Crippen LogP contribution in [0.25, 0.3) is 0 Å². The van der Waals surface area contributed by atoms with Crippen LogP contribution in [0, 0.1) is 0 Å². The first-order valence-corrected chi connectivity index (χ1v) is 7.62. The van der Waals surface area contributed by atoms with Gasteiger partial charge in [0.05, 0.1) is 0 Å². The fraction of sp³-hybridized carbons (Fsp3) is 0.929. The lowest BCUT2D eigenvalue weighted by molar-refractivity contribution is -0.131. The van der Waals surface area contributed by atoms with Gasteiger partial charge >= 0.3 is 0 Å². The Morgan fingerprint density at radius 2 is 1.76 bits per heavy atom. The molecule has 1 aliphatic rings. The Hall–Kier alpha value is -0.240. The van der Waals surface area contributed by atoms with E-state index in [0.717, 1.165) is 38.8 Å². The number of rotatable bonds is 7. The Bertz CT molecular complexity index is 214. The molecule has 2 nitrogen and oxygen atoms in total. The van der Waals surface area contributed by atoms with E-state index in [-0.39, 0.29) is 11.3 Å². The number of nitrogens with zero attached hydrogens (tertiary/aromatic N) is 1. The van der Waals surface area contributed by atoms with Crippen molar-refractivity contribution in [2.24, 2.45) is 0 Å². The topological polar surface area (TPSA) is 20.3 Å². The number of unbranched alkanes of at least 4 members (excludes halogenated alkanes) is 4. The van der Waals surface area contributed by atoms with Crippen LogP contribution in [0.5, 0.6) is 0 Å². The molecule has 0 aromatic carbocycles. The zero-order valence-electron chi connectivity index (χ0n) is 11.1. The molecule has 1 rings (SSSR count). The lowest BCUT2D eigenvalue weighted by Crippen LogP contribution is -2.40. The second-order valence-corrected chi connectivity index (χ2v) is 5.58. The third-order valence-electron chi connectivity index (χ3n) is 3.50. The van der Waals surface area contributed by atoms with Crippen molar-refractivity contribution < 1.29 is 4.79 Å². The number of halogens is 1. The monoisotopic (exact) mass is 259 g/mol. The molecule has 0 aromatic heterocycles. The Balaban J connectivity index is 2.12. The van der Waals surface area contributed by atoms with E-state index in [0.29, 0.717) is 0 Å². The molecule has 0 aliphatic carbocycles. The van der Waals surface area contributed by atoms with E-state index in [1.54, 1.807) is 0 Å². The lowest BCUT2D eigenvalue weighted by Gasteiger charge is -2.28. The molecule has 3 heteroatoms. The van der Waals surface area contributed by atoms with Gasteiger partial charge in [-0.3, -0.25) is 4.79 Å². The fourth-order valence-corrected chi connectivity index (χ4v) is 2.66. The van der Waals surface area contributed by atoms with Gasteiger partial charge in [0.2, 0.25) is 5.91 Å². The summed E-state index contributed by atoms with van der Waals surface area (Å²) in [6.45, 7) is 4.04. The van der Waals surface area contributed by atoms with Crippen molar-refractivity contribution in [3.05, 3.63) is 0 Å². The smallest absolute Gasteiger partial charge is 0.240 e. The van der Waals surface area contributed by atoms with E-state index >= 15 is 0 Å². The van der Waals surface area contributed by atoms with Crippen molar-refractivity contribution in [2.75, 3.05) is 13.1 Å². The molecule has 0 N–H and O–H groups in total. The summed E-state index contributed by atoms with van der Waals surface area (Å²) in [7, 11) is 0. The van der Waals surface area contributed by atoms with Crippen molar-refractivity contribution >= 4 is 17.5 Å². The van der Waals surface area contributed by atoms with Crippen molar-refractivity contribution in [3.8, 4) is 0 Å². The Morgan fingerprint density at radius 3 is 2.41 bits per heavy atom. The lowest BCUT2D eigenvalue weighted by atomic mass is 10.1. The molecule has 1 fully saturated rings. The molecule has 1 saturated heterocycles. The van der Waals surface area contributed by atoms with Crippen LogP contribution in [-0.4, -0.2) is 29.3 Å². The van der Waals surface area contributed by atoms with Crippen LogP contribution in [0.15, 0.2) is 0 Å². The van der Waals surface area contributed by atoms with Crippen LogP contribution in [0.2, 0.25) is 0 Å². The van der Waals surface area contributed by atoms with E-state index in [4.69, 9.17) is 11.6 Å². The molecule has 100 valence electrons. The number of carbonyl (C=O) groups is 1. The molecule has 1 heterocycles. The van der Waals surface area contributed by atoms with Gasteiger partial charge in [0, 0.05) is 13.1 Å². The third kappa shape index (κ3) is 5.76. The predicted molar refractivity (Wildman–Crippen MR) is 73.4 cm³/mol. The maximum atomic E-state index is 12.0. The van der Waals surface area contributed by atoms with E-state index in [1.165, 1.54) is 32.1 Å². The molecule has 0 bridgehead atoms. The molecule has 0 spiro atoms. The largest absolute Gasteiger partial charge is 0.341 e. The highest BCUT2D eigenvalue weighted by atomic mass is 35.5. The average Bonchev–Trinajstić information content (AvgIpc) is 2.38. The minimum absolute atomic E-state index is 0.168.